The van der Waals surface area contributed by atoms with Crippen LogP contribution in [-0.2, 0) is 13.9 Å². The molecule has 0 aliphatic heterocycles. The van der Waals surface area contributed by atoms with Gasteiger partial charge < -0.3 is 20.0 Å². The van der Waals surface area contributed by atoms with E-state index in [1.165, 1.54) is 17.2 Å². The first kappa shape index (κ1) is 24.8. The highest BCUT2D eigenvalue weighted by Gasteiger charge is 2.44. The van der Waals surface area contributed by atoms with Crippen molar-refractivity contribution in [3.05, 3.63) is 34.9 Å². The van der Waals surface area contributed by atoms with Crippen LogP contribution in [0.15, 0.2) is 34.9 Å². The van der Waals surface area contributed by atoms with Gasteiger partial charge in [0, 0.05) is 6.42 Å². The van der Waals surface area contributed by atoms with E-state index in [4.69, 9.17) is 9.79 Å². The van der Waals surface area contributed by atoms with Gasteiger partial charge >= 0.3 is 13.8 Å². The van der Waals surface area contributed by atoms with Crippen molar-refractivity contribution in [2.75, 3.05) is 6.61 Å². The van der Waals surface area contributed by atoms with Crippen LogP contribution in [-0.4, -0.2) is 38.2 Å². The average molecular weight is 390 g/mol. The summed E-state index contributed by atoms with van der Waals surface area (Å²) in [4.78, 5) is 29.1. The highest BCUT2D eigenvalue weighted by Crippen LogP contribution is 2.43. The van der Waals surface area contributed by atoms with E-state index < -0.39 is 26.0 Å². The predicted octanol–water partition coefficient (Wildman–Crippen LogP) is 3.72. The van der Waals surface area contributed by atoms with Gasteiger partial charge in [-0.1, -0.05) is 34.9 Å². The Balaban J connectivity index is 4.75. The number of carboxylic acids is 1. The topological polar surface area (TPSA) is 124 Å². The van der Waals surface area contributed by atoms with Crippen LogP contribution in [0.3, 0.4) is 0 Å². The van der Waals surface area contributed by atoms with Gasteiger partial charge in [-0.15, -0.1) is 0 Å². The van der Waals surface area contributed by atoms with Crippen molar-refractivity contribution in [1.82, 2.24) is 0 Å². The molecule has 8 heteroatoms. The highest BCUT2D eigenvalue weighted by molar-refractivity contribution is 7.46. The molecular weight excluding hydrogens is 359 g/mol. The molecule has 0 aliphatic rings. The molecule has 0 radical (unpaired) electrons. The third-order valence-electron chi connectivity index (χ3n) is 3.84. The first-order chi connectivity index (χ1) is 11.9. The maximum absolute atomic E-state index is 11.3. The molecular formula is C18H31O7P. The number of carboxylic acid groups (broad SMARTS) is 1. The predicted molar refractivity (Wildman–Crippen MR) is 101 cm³/mol. The molecule has 0 spiro atoms. The summed E-state index contributed by atoms with van der Waals surface area (Å²) in [5.74, 6) is -1.62. The summed E-state index contributed by atoms with van der Waals surface area (Å²) in [5.41, 5.74) is 1.07. The Morgan fingerprint density at radius 1 is 1.00 bits per heavy atom. The van der Waals surface area contributed by atoms with E-state index in [9.17, 15) is 19.6 Å². The van der Waals surface area contributed by atoms with Crippen molar-refractivity contribution in [2.45, 2.75) is 65.4 Å². The first-order valence-electron chi connectivity index (χ1n) is 8.47. The minimum Gasteiger partial charge on any atom is -0.479 e. The first-order valence-corrected chi connectivity index (χ1v) is 10.00. The zero-order valence-electron chi connectivity index (χ0n) is 15.9. The molecule has 0 aromatic heterocycles. The van der Waals surface area contributed by atoms with Crippen molar-refractivity contribution < 1.29 is 33.9 Å². The molecule has 0 bridgehead atoms. The number of phosphoric acid groups is 1. The zero-order chi connectivity index (χ0) is 20.4. The van der Waals surface area contributed by atoms with Crippen LogP contribution in [0, 0.1) is 0 Å². The normalized spacial score (nSPS) is 15.5. The molecule has 1 unspecified atom stereocenters. The number of carbonyl (C=O) groups is 1. The summed E-state index contributed by atoms with van der Waals surface area (Å²) in [6.07, 6.45) is 8.94. The van der Waals surface area contributed by atoms with Crippen LogP contribution in [0.5, 0.6) is 0 Å². The van der Waals surface area contributed by atoms with Gasteiger partial charge in [0.1, 0.15) is 0 Å². The van der Waals surface area contributed by atoms with Gasteiger partial charge in [0.15, 0.2) is 0 Å². The molecule has 0 fully saturated rings. The summed E-state index contributed by atoms with van der Waals surface area (Å²) in [5, 5.41) is 18.5. The number of phosphoric ester groups is 1. The van der Waals surface area contributed by atoms with Gasteiger partial charge in [0.25, 0.3) is 0 Å². The van der Waals surface area contributed by atoms with Crippen LogP contribution >= 0.6 is 7.82 Å². The minimum atomic E-state index is -5.05. The second-order valence-electron chi connectivity index (χ2n) is 6.70. The largest absolute Gasteiger partial charge is 0.479 e. The Morgan fingerprint density at radius 3 is 1.92 bits per heavy atom. The molecule has 150 valence electrons. The summed E-state index contributed by atoms with van der Waals surface area (Å²) in [6, 6.07) is 0. The van der Waals surface area contributed by atoms with E-state index in [0.29, 0.717) is 6.42 Å². The highest BCUT2D eigenvalue weighted by atomic mass is 31.2. The smallest absolute Gasteiger partial charge is 0.470 e. The Hall–Kier alpha value is -1.24. The second-order valence-corrected chi connectivity index (χ2v) is 7.87. The van der Waals surface area contributed by atoms with Crippen LogP contribution < -0.4 is 0 Å². The molecule has 0 saturated heterocycles. The fourth-order valence-corrected chi connectivity index (χ4v) is 2.90. The van der Waals surface area contributed by atoms with Crippen LogP contribution in [0.25, 0.3) is 0 Å². The monoisotopic (exact) mass is 390 g/mol. The van der Waals surface area contributed by atoms with Crippen LogP contribution in [0.2, 0.25) is 0 Å². The van der Waals surface area contributed by atoms with Crippen molar-refractivity contribution in [1.29, 1.82) is 0 Å². The van der Waals surface area contributed by atoms with E-state index in [1.807, 2.05) is 0 Å². The summed E-state index contributed by atoms with van der Waals surface area (Å²) < 4.78 is 15.3. The van der Waals surface area contributed by atoms with E-state index in [-0.39, 0.29) is 6.42 Å². The number of aliphatic carboxylic acids is 1. The number of aliphatic hydroxyl groups is 1. The second kappa shape index (κ2) is 11.5. The van der Waals surface area contributed by atoms with Gasteiger partial charge in [-0.25, -0.2) is 9.36 Å². The Morgan fingerprint density at radius 2 is 1.50 bits per heavy atom. The number of allylic oxidation sites excluding steroid dienone is 5. The lowest BCUT2D eigenvalue weighted by atomic mass is 9.98. The molecule has 0 saturated carbocycles. The molecule has 0 heterocycles. The SMILES string of the molecule is CC(C)=CCCC(C)=CCC/C(C)=C\CC(CO)(OP(=O)(O)O)C(=O)O. The molecule has 0 aliphatic carbocycles. The Labute approximate surface area is 155 Å². The number of hydrogen-bond donors (Lipinski definition) is 4. The van der Waals surface area contributed by atoms with Crippen molar-refractivity contribution in [3.8, 4) is 0 Å². The van der Waals surface area contributed by atoms with E-state index >= 15 is 0 Å². The summed E-state index contributed by atoms with van der Waals surface area (Å²) >= 11 is 0. The summed E-state index contributed by atoms with van der Waals surface area (Å²) in [7, 11) is -5.05. The van der Waals surface area contributed by atoms with Crippen LogP contribution in [0.4, 0.5) is 0 Å². The van der Waals surface area contributed by atoms with Crippen molar-refractivity contribution in [3.63, 3.8) is 0 Å². The molecule has 0 aromatic carbocycles. The zero-order valence-corrected chi connectivity index (χ0v) is 16.8. The van der Waals surface area contributed by atoms with E-state index in [2.05, 4.69) is 37.4 Å². The van der Waals surface area contributed by atoms with Gasteiger partial charge in [0.2, 0.25) is 5.60 Å². The fourth-order valence-electron chi connectivity index (χ4n) is 2.23. The van der Waals surface area contributed by atoms with E-state index in [1.54, 1.807) is 6.92 Å². The van der Waals surface area contributed by atoms with Crippen LogP contribution in [0.1, 0.15) is 59.8 Å². The lowest BCUT2D eigenvalue weighted by molar-refractivity contribution is -0.160. The Bertz CT molecular complexity index is 597. The molecule has 0 amide bonds. The molecule has 26 heavy (non-hydrogen) atoms. The number of rotatable bonds is 12. The minimum absolute atomic E-state index is 0.334. The number of aliphatic hydroxyl groups excluding tert-OH is 1. The lowest BCUT2D eigenvalue weighted by Crippen LogP contribution is -2.44. The maximum atomic E-state index is 11.3. The molecule has 0 rings (SSSR count). The molecule has 1 atom stereocenters. The quantitative estimate of drug-likeness (QED) is 0.296. The van der Waals surface area contributed by atoms with Gasteiger partial charge in [0.05, 0.1) is 6.61 Å². The molecule has 7 nitrogen and oxygen atoms in total. The number of hydrogen-bond acceptors (Lipinski definition) is 4. The Kier molecular flexibility index (Phi) is 10.9. The standard InChI is InChI=1S/C18H31O7P/c1-14(2)7-5-8-15(3)9-6-10-16(4)11-12-18(13-19,17(20)21)25-26(22,23)24/h7,9,11,19H,5-6,8,10,12-13H2,1-4H3,(H,20,21)(H2,22,23,24)/b15-9?,16-11-. The molecule has 4 N–H and O–H groups in total. The van der Waals surface area contributed by atoms with Gasteiger partial charge in [-0.2, -0.15) is 0 Å². The molecule has 0 aromatic rings. The third kappa shape index (κ3) is 10.7. The van der Waals surface area contributed by atoms with Crippen molar-refractivity contribution >= 4 is 13.8 Å². The average Bonchev–Trinajstić information content (AvgIpc) is 2.49. The van der Waals surface area contributed by atoms with Gasteiger partial charge in [-0.05, 0) is 53.4 Å². The fraction of sp³-hybridized carbons (Fsp3) is 0.611. The third-order valence-corrected chi connectivity index (χ3v) is 4.43. The maximum Gasteiger partial charge on any atom is 0.470 e. The lowest BCUT2D eigenvalue weighted by Gasteiger charge is -2.26. The summed E-state index contributed by atoms with van der Waals surface area (Å²) in [6.45, 7) is 6.95. The van der Waals surface area contributed by atoms with Crippen molar-refractivity contribution in [2.24, 2.45) is 0 Å². The van der Waals surface area contributed by atoms with E-state index in [0.717, 1.165) is 24.8 Å². The van der Waals surface area contributed by atoms with Gasteiger partial charge in [-0.3, -0.25) is 4.52 Å².